The van der Waals surface area contributed by atoms with Crippen LogP contribution in [0.4, 0.5) is 5.69 Å². The van der Waals surface area contributed by atoms with Crippen LogP contribution in [0, 0.1) is 13.8 Å². The summed E-state index contributed by atoms with van der Waals surface area (Å²) in [6.07, 6.45) is 2.45. The number of nitrogens with zero attached hydrogens (tertiary/aromatic N) is 1. The van der Waals surface area contributed by atoms with E-state index in [1.165, 1.54) is 0 Å². The van der Waals surface area contributed by atoms with Crippen molar-refractivity contribution in [1.29, 1.82) is 0 Å². The molecule has 4 nitrogen and oxygen atoms in total. The maximum absolute atomic E-state index is 12.0. The van der Waals surface area contributed by atoms with Gasteiger partial charge in [-0.15, -0.1) is 0 Å². The molecular weight excluding hydrogens is 300 g/mol. The van der Waals surface area contributed by atoms with Gasteiger partial charge in [0.05, 0.1) is 0 Å². The van der Waals surface area contributed by atoms with E-state index in [2.05, 4.69) is 17.2 Å². The van der Waals surface area contributed by atoms with Gasteiger partial charge >= 0.3 is 0 Å². The smallest absolute Gasteiger partial charge is 0.227 e. The normalized spacial score (nSPS) is 11.0. The molecule has 1 N–H and O–H groups in total. The Bertz CT molecular complexity index is 880. The van der Waals surface area contributed by atoms with Crippen LogP contribution in [0.1, 0.15) is 37.3 Å². The van der Waals surface area contributed by atoms with Crippen molar-refractivity contribution < 1.29 is 9.21 Å². The summed E-state index contributed by atoms with van der Waals surface area (Å²) in [6.45, 7) is 6.09. The Hall–Kier alpha value is -2.62. The van der Waals surface area contributed by atoms with Gasteiger partial charge in [0, 0.05) is 17.7 Å². The Labute approximate surface area is 141 Å². The summed E-state index contributed by atoms with van der Waals surface area (Å²) in [5.74, 6) is 0.616. The molecule has 0 fully saturated rings. The lowest BCUT2D eigenvalue weighted by Crippen LogP contribution is -2.11. The summed E-state index contributed by atoms with van der Waals surface area (Å²) < 4.78 is 5.85. The molecule has 0 aliphatic heterocycles. The molecule has 3 aromatic rings. The molecular formula is C20H22N2O2. The first-order valence-electron chi connectivity index (χ1n) is 8.35. The quantitative estimate of drug-likeness (QED) is 0.699. The van der Waals surface area contributed by atoms with Crippen molar-refractivity contribution >= 4 is 22.7 Å². The summed E-state index contributed by atoms with van der Waals surface area (Å²) in [5.41, 5.74) is 5.46. The number of fused-ring (bicyclic) bond motifs is 1. The number of rotatable bonds is 5. The third kappa shape index (κ3) is 3.48. The molecule has 124 valence electrons. The van der Waals surface area contributed by atoms with Gasteiger partial charge in [0.2, 0.25) is 11.8 Å². The number of amides is 1. The highest BCUT2D eigenvalue weighted by atomic mass is 16.3. The predicted octanol–water partition coefficient (Wildman–Crippen LogP) is 5.24. The van der Waals surface area contributed by atoms with E-state index >= 15 is 0 Å². The Morgan fingerprint density at radius 3 is 2.79 bits per heavy atom. The van der Waals surface area contributed by atoms with Crippen LogP contribution in [0.3, 0.4) is 0 Å². The number of hydrogen-bond acceptors (Lipinski definition) is 3. The first kappa shape index (κ1) is 16.2. The van der Waals surface area contributed by atoms with Crippen LogP contribution in [0.15, 0.2) is 40.8 Å². The third-order valence-corrected chi connectivity index (χ3v) is 4.06. The third-order valence-electron chi connectivity index (χ3n) is 4.06. The van der Waals surface area contributed by atoms with E-state index in [-0.39, 0.29) is 5.91 Å². The summed E-state index contributed by atoms with van der Waals surface area (Å²) in [7, 11) is 0. The zero-order valence-corrected chi connectivity index (χ0v) is 14.3. The standard InChI is InChI=1S/C20H22N2O2/c1-4-5-6-19(23)21-16-12-15(9-8-14(16)3)20-22-17-11-13(2)7-10-18(17)24-20/h7-12H,4-6H2,1-3H3,(H,21,23). The number of carbonyl (C=O) groups is 1. The van der Waals surface area contributed by atoms with Gasteiger partial charge < -0.3 is 9.73 Å². The molecule has 0 unspecified atom stereocenters. The summed E-state index contributed by atoms with van der Waals surface area (Å²) in [6, 6.07) is 11.8. The number of unbranched alkanes of at least 4 members (excludes halogenated alkanes) is 1. The van der Waals surface area contributed by atoms with Gasteiger partial charge in [0.1, 0.15) is 5.52 Å². The average Bonchev–Trinajstić information content (AvgIpc) is 2.98. The van der Waals surface area contributed by atoms with Crippen LogP contribution < -0.4 is 5.32 Å². The topological polar surface area (TPSA) is 55.1 Å². The second-order valence-corrected chi connectivity index (χ2v) is 6.17. The predicted molar refractivity (Wildman–Crippen MR) is 97.1 cm³/mol. The minimum absolute atomic E-state index is 0.0466. The molecule has 1 aromatic heterocycles. The Morgan fingerprint density at radius 1 is 1.17 bits per heavy atom. The number of anilines is 1. The van der Waals surface area contributed by atoms with Crippen molar-refractivity contribution in [2.24, 2.45) is 0 Å². The number of oxazole rings is 1. The maximum atomic E-state index is 12.0. The number of benzene rings is 2. The highest BCUT2D eigenvalue weighted by Crippen LogP contribution is 2.28. The molecule has 0 radical (unpaired) electrons. The van der Waals surface area contributed by atoms with Gasteiger partial charge in [-0.05, 0) is 55.7 Å². The summed E-state index contributed by atoms with van der Waals surface area (Å²) >= 11 is 0. The molecule has 24 heavy (non-hydrogen) atoms. The highest BCUT2D eigenvalue weighted by molar-refractivity contribution is 5.92. The molecule has 0 saturated heterocycles. The number of nitrogens with one attached hydrogen (secondary N) is 1. The molecule has 0 spiro atoms. The summed E-state index contributed by atoms with van der Waals surface area (Å²) in [4.78, 5) is 16.6. The van der Waals surface area contributed by atoms with Crippen molar-refractivity contribution in [1.82, 2.24) is 4.98 Å². The van der Waals surface area contributed by atoms with Gasteiger partial charge in [-0.25, -0.2) is 4.98 Å². The number of carbonyl (C=O) groups excluding carboxylic acids is 1. The van der Waals surface area contributed by atoms with E-state index in [0.29, 0.717) is 12.3 Å². The fourth-order valence-electron chi connectivity index (χ4n) is 2.60. The van der Waals surface area contributed by atoms with E-state index in [9.17, 15) is 4.79 Å². The lowest BCUT2D eigenvalue weighted by molar-refractivity contribution is -0.116. The molecule has 2 aromatic carbocycles. The Morgan fingerprint density at radius 2 is 2.00 bits per heavy atom. The monoisotopic (exact) mass is 322 g/mol. The van der Waals surface area contributed by atoms with Crippen LogP contribution in [0.2, 0.25) is 0 Å². The number of hydrogen-bond donors (Lipinski definition) is 1. The fraction of sp³-hybridized carbons (Fsp3) is 0.300. The lowest BCUT2D eigenvalue weighted by Gasteiger charge is -2.09. The molecule has 4 heteroatoms. The second kappa shape index (κ2) is 6.87. The first-order valence-corrected chi connectivity index (χ1v) is 8.35. The largest absolute Gasteiger partial charge is 0.436 e. The van der Waals surface area contributed by atoms with Crippen molar-refractivity contribution in [3.8, 4) is 11.5 Å². The van der Waals surface area contributed by atoms with E-state index in [4.69, 9.17) is 4.42 Å². The molecule has 1 heterocycles. The minimum atomic E-state index is 0.0466. The SMILES string of the molecule is CCCCC(=O)Nc1cc(-c2nc3cc(C)ccc3o2)ccc1C. The van der Waals surface area contributed by atoms with E-state index in [0.717, 1.165) is 46.3 Å². The molecule has 3 rings (SSSR count). The number of aromatic nitrogens is 1. The second-order valence-electron chi connectivity index (χ2n) is 6.17. The molecule has 0 aliphatic rings. The molecule has 1 amide bonds. The Balaban J connectivity index is 1.90. The molecule has 0 atom stereocenters. The summed E-state index contributed by atoms with van der Waals surface area (Å²) in [5, 5.41) is 2.99. The van der Waals surface area contributed by atoms with Gasteiger partial charge in [-0.2, -0.15) is 0 Å². The minimum Gasteiger partial charge on any atom is -0.436 e. The van der Waals surface area contributed by atoms with E-state index < -0.39 is 0 Å². The zero-order chi connectivity index (χ0) is 17.1. The average molecular weight is 322 g/mol. The van der Waals surface area contributed by atoms with Gasteiger partial charge in [-0.1, -0.05) is 25.5 Å². The van der Waals surface area contributed by atoms with Crippen LogP contribution in [0.5, 0.6) is 0 Å². The van der Waals surface area contributed by atoms with Crippen LogP contribution >= 0.6 is 0 Å². The van der Waals surface area contributed by atoms with Crippen molar-refractivity contribution in [2.75, 3.05) is 5.32 Å². The Kier molecular flexibility index (Phi) is 4.65. The van der Waals surface area contributed by atoms with Gasteiger partial charge in [0.25, 0.3) is 0 Å². The molecule has 0 aliphatic carbocycles. The maximum Gasteiger partial charge on any atom is 0.227 e. The first-order chi connectivity index (χ1) is 11.6. The fourth-order valence-corrected chi connectivity index (χ4v) is 2.60. The molecule has 0 bridgehead atoms. The number of aryl methyl sites for hydroxylation is 2. The lowest BCUT2D eigenvalue weighted by atomic mass is 10.1. The van der Waals surface area contributed by atoms with Crippen molar-refractivity contribution in [3.05, 3.63) is 47.5 Å². The molecule has 0 saturated carbocycles. The van der Waals surface area contributed by atoms with E-state index in [1.807, 2.05) is 50.2 Å². The zero-order valence-electron chi connectivity index (χ0n) is 14.3. The highest BCUT2D eigenvalue weighted by Gasteiger charge is 2.11. The van der Waals surface area contributed by atoms with E-state index in [1.54, 1.807) is 0 Å². The van der Waals surface area contributed by atoms with Crippen molar-refractivity contribution in [3.63, 3.8) is 0 Å². The van der Waals surface area contributed by atoms with Gasteiger partial charge in [0.15, 0.2) is 5.58 Å². The van der Waals surface area contributed by atoms with Crippen LogP contribution in [-0.4, -0.2) is 10.9 Å². The van der Waals surface area contributed by atoms with Crippen LogP contribution in [0.25, 0.3) is 22.6 Å². The van der Waals surface area contributed by atoms with Crippen LogP contribution in [-0.2, 0) is 4.79 Å². The van der Waals surface area contributed by atoms with Gasteiger partial charge in [-0.3, -0.25) is 4.79 Å². The van der Waals surface area contributed by atoms with Crippen molar-refractivity contribution in [2.45, 2.75) is 40.0 Å².